The molecular formula is C33H42FN7O10. The highest BCUT2D eigenvalue weighted by atomic mass is 19.1. The van der Waals surface area contributed by atoms with Gasteiger partial charge < -0.3 is 35.2 Å². The van der Waals surface area contributed by atoms with Gasteiger partial charge in [0.25, 0.3) is 11.8 Å². The highest BCUT2D eigenvalue weighted by Gasteiger charge is 2.36. The van der Waals surface area contributed by atoms with Crippen molar-refractivity contribution in [3.05, 3.63) is 41.8 Å². The summed E-state index contributed by atoms with van der Waals surface area (Å²) in [6, 6.07) is 4.80. The number of piperazine rings is 1. The van der Waals surface area contributed by atoms with Crippen molar-refractivity contribution in [3.63, 3.8) is 0 Å². The zero-order chi connectivity index (χ0) is 36.5. The number of benzene rings is 1. The van der Waals surface area contributed by atoms with Crippen LogP contribution in [0.4, 0.5) is 9.18 Å². The largest absolute Gasteiger partial charge is 0.467 e. The van der Waals surface area contributed by atoms with Crippen molar-refractivity contribution in [2.45, 2.75) is 70.0 Å². The Balaban J connectivity index is 1.31. The van der Waals surface area contributed by atoms with Crippen LogP contribution in [0.2, 0.25) is 0 Å². The summed E-state index contributed by atoms with van der Waals surface area (Å²) in [6.45, 7) is 1.87. The Bertz CT molecular complexity index is 1610. The van der Waals surface area contributed by atoms with Gasteiger partial charge in [0.2, 0.25) is 17.7 Å². The fraction of sp³-hybridized carbons (Fsp3) is 0.545. The summed E-state index contributed by atoms with van der Waals surface area (Å²) in [4.78, 5) is 90.2. The summed E-state index contributed by atoms with van der Waals surface area (Å²) < 4.78 is 21.2. The molecule has 0 radical (unpaired) electrons. The van der Waals surface area contributed by atoms with E-state index in [0.29, 0.717) is 19.4 Å². The lowest BCUT2D eigenvalue weighted by molar-refractivity contribution is -0.269. The summed E-state index contributed by atoms with van der Waals surface area (Å²) >= 11 is 0. The number of aromatic nitrogens is 2. The van der Waals surface area contributed by atoms with Crippen LogP contribution in [0.15, 0.2) is 30.3 Å². The molecule has 2 saturated heterocycles. The molecule has 3 heterocycles. The smallest absolute Gasteiger partial charge is 0.407 e. The lowest BCUT2D eigenvalue weighted by atomic mass is 9.93. The van der Waals surface area contributed by atoms with Crippen molar-refractivity contribution in [3.8, 4) is 11.6 Å². The van der Waals surface area contributed by atoms with Crippen LogP contribution < -0.4 is 15.4 Å². The van der Waals surface area contributed by atoms with E-state index in [1.165, 1.54) is 34.1 Å². The van der Waals surface area contributed by atoms with Crippen molar-refractivity contribution in [1.29, 1.82) is 0 Å². The fourth-order valence-corrected chi connectivity index (χ4v) is 6.03. The molecule has 1 aromatic heterocycles. The molecule has 51 heavy (non-hydrogen) atoms. The highest BCUT2D eigenvalue weighted by molar-refractivity contribution is 5.96. The second kappa shape index (κ2) is 17.1. The Hall–Kier alpha value is -5.26. The summed E-state index contributed by atoms with van der Waals surface area (Å²) in [5.41, 5.74) is -0.0657. The van der Waals surface area contributed by atoms with E-state index in [1.807, 2.05) is 0 Å². The van der Waals surface area contributed by atoms with Gasteiger partial charge in [0.05, 0.1) is 18.7 Å². The predicted octanol–water partition coefficient (Wildman–Crippen LogP) is 1.25. The minimum atomic E-state index is -1.24. The van der Waals surface area contributed by atoms with Crippen LogP contribution in [0.1, 0.15) is 62.4 Å². The lowest BCUT2D eigenvalue weighted by Crippen LogP contribution is -2.55. The van der Waals surface area contributed by atoms with Gasteiger partial charge in [-0.25, -0.2) is 18.7 Å². The number of likely N-dealkylation sites (tertiary alicyclic amines) is 1. The van der Waals surface area contributed by atoms with Crippen LogP contribution in [-0.2, 0) is 29.0 Å². The number of nitrogens with one attached hydrogen (secondary N) is 2. The number of hydrogen-bond acceptors (Lipinski definition) is 10. The van der Waals surface area contributed by atoms with Gasteiger partial charge in [0, 0.05) is 44.8 Å². The molecule has 3 N–H and O–H groups in total. The maximum atomic E-state index is 14.3. The van der Waals surface area contributed by atoms with Gasteiger partial charge in [-0.2, -0.15) is 9.99 Å². The predicted molar refractivity (Wildman–Crippen MR) is 174 cm³/mol. The van der Waals surface area contributed by atoms with Crippen LogP contribution >= 0.6 is 0 Å². The minimum Gasteiger partial charge on any atom is -0.467 e. The van der Waals surface area contributed by atoms with E-state index >= 15 is 0 Å². The third-order valence-electron chi connectivity index (χ3n) is 9.01. The fourth-order valence-electron chi connectivity index (χ4n) is 6.03. The van der Waals surface area contributed by atoms with Gasteiger partial charge >= 0.3 is 12.1 Å². The topological polar surface area (TPSA) is 202 Å². The third kappa shape index (κ3) is 9.50. The molecule has 2 aliphatic heterocycles. The standard InChI is InChI=1S/C33H42FN7O10/c1-2-50-51-29(43)12-11-24(32(46)38-14-16-39(17-15-38)33(47)48)36-30(44)25-19-28(41(37-25)23-9-3-6-21(34)18-23)49-20-27(42)40-13-5-10-26(40)31(45)35-22-7-4-8-22/h3,6,9,18-19,22,24,26H,2,4-5,7-8,10-17,20H2,1H3,(H,35,45)(H,36,44)(H,47,48)/t24-,26-/m0/s1. The second-order valence-corrected chi connectivity index (χ2v) is 12.5. The van der Waals surface area contributed by atoms with E-state index in [-0.39, 0.29) is 74.8 Å². The van der Waals surface area contributed by atoms with E-state index < -0.39 is 54.3 Å². The summed E-state index contributed by atoms with van der Waals surface area (Å²) in [7, 11) is 0. The number of carboxylic acid groups (broad SMARTS) is 1. The Labute approximate surface area is 292 Å². The van der Waals surface area contributed by atoms with E-state index in [4.69, 9.17) is 4.74 Å². The quantitative estimate of drug-likeness (QED) is 0.188. The van der Waals surface area contributed by atoms with Crippen LogP contribution in [0, 0.1) is 5.82 Å². The molecule has 276 valence electrons. The van der Waals surface area contributed by atoms with Crippen LogP contribution in [0.5, 0.6) is 5.88 Å². The number of carbonyl (C=O) groups excluding carboxylic acids is 5. The minimum absolute atomic E-state index is 0.0644. The molecule has 3 fully saturated rings. The first-order valence-electron chi connectivity index (χ1n) is 17.0. The average Bonchev–Trinajstić information content (AvgIpc) is 3.78. The van der Waals surface area contributed by atoms with Gasteiger partial charge in [-0.05, 0) is 63.6 Å². The van der Waals surface area contributed by atoms with Gasteiger partial charge in [-0.15, -0.1) is 0 Å². The molecule has 0 unspecified atom stereocenters. The van der Waals surface area contributed by atoms with Gasteiger partial charge in [-0.1, -0.05) is 6.07 Å². The molecule has 1 saturated carbocycles. The molecule has 2 aromatic rings. The van der Waals surface area contributed by atoms with Crippen molar-refractivity contribution in [1.82, 2.24) is 35.1 Å². The molecule has 17 nitrogen and oxygen atoms in total. The molecule has 5 amide bonds. The average molecular weight is 716 g/mol. The molecular weight excluding hydrogens is 673 g/mol. The van der Waals surface area contributed by atoms with Crippen molar-refractivity contribution in [2.75, 3.05) is 45.9 Å². The summed E-state index contributed by atoms with van der Waals surface area (Å²) in [5.74, 6) is -3.49. The summed E-state index contributed by atoms with van der Waals surface area (Å²) in [5, 5.41) is 19.2. The normalized spacial score (nSPS) is 18.1. The number of rotatable bonds is 14. The molecule has 18 heteroatoms. The van der Waals surface area contributed by atoms with Crippen molar-refractivity contribution >= 4 is 35.7 Å². The maximum Gasteiger partial charge on any atom is 0.407 e. The maximum absolute atomic E-state index is 14.3. The number of carbonyl (C=O) groups is 6. The molecule has 0 bridgehead atoms. The Morgan fingerprint density at radius 3 is 2.41 bits per heavy atom. The molecule has 1 aromatic carbocycles. The van der Waals surface area contributed by atoms with E-state index in [0.717, 1.165) is 34.9 Å². The first-order chi connectivity index (χ1) is 24.5. The van der Waals surface area contributed by atoms with E-state index in [1.54, 1.807) is 6.92 Å². The Morgan fingerprint density at radius 1 is 1.00 bits per heavy atom. The molecule has 3 aliphatic rings. The van der Waals surface area contributed by atoms with Gasteiger partial charge in [0.1, 0.15) is 17.9 Å². The third-order valence-corrected chi connectivity index (χ3v) is 9.01. The molecule has 1 aliphatic carbocycles. The molecule has 0 spiro atoms. The molecule has 2 atom stereocenters. The van der Waals surface area contributed by atoms with Gasteiger partial charge in [-0.3, -0.25) is 24.1 Å². The van der Waals surface area contributed by atoms with Crippen molar-refractivity contribution < 1.29 is 52.8 Å². The second-order valence-electron chi connectivity index (χ2n) is 12.5. The number of halogens is 1. The van der Waals surface area contributed by atoms with E-state index in [9.17, 15) is 38.3 Å². The Kier molecular flexibility index (Phi) is 12.4. The number of nitrogens with zero attached hydrogens (tertiary/aromatic N) is 5. The number of hydrogen-bond donors (Lipinski definition) is 3. The van der Waals surface area contributed by atoms with Crippen molar-refractivity contribution in [2.24, 2.45) is 0 Å². The Morgan fingerprint density at radius 2 is 1.75 bits per heavy atom. The first kappa shape index (κ1) is 37.0. The number of ether oxygens (including phenoxy) is 1. The zero-order valence-corrected chi connectivity index (χ0v) is 28.3. The highest BCUT2D eigenvalue weighted by Crippen LogP contribution is 2.24. The summed E-state index contributed by atoms with van der Waals surface area (Å²) in [6.07, 6.45) is 2.46. The van der Waals surface area contributed by atoms with Crippen LogP contribution in [0.25, 0.3) is 5.69 Å². The molecule has 5 rings (SSSR count). The lowest BCUT2D eigenvalue weighted by Gasteiger charge is -2.35. The zero-order valence-electron chi connectivity index (χ0n) is 28.3. The SMILES string of the molecule is CCOOC(=O)CC[C@H](NC(=O)c1cc(OCC(=O)N2CCC[C@H]2C(=O)NC2CCC2)n(-c2cccc(F)c2)n1)C(=O)N1CCN(C(=O)O)CC1. The van der Waals surface area contributed by atoms with E-state index in [2.05, 4.69) is 25.5 Å². The monoisotopic (exact) mass is 715 g/mol. The first-order valence-corrected chi connectivity index (χ1v) is 17.0. The number of amides is 5. The van der Waals surface area contributed by atoms with Crippen LogP contribution in [0.3, 0.4) is 0 Å². The van der Waals surface area contributed by atoms with Gasteiger partial charge in [0.15, 0.2) is 12.3 Å². The van der Waals surface area contributed by atoms with Crippen LogP contribution in [-0.4, -0.2) is 129 Å².